The van der Waals surface area contributed by atoms with Crippen molar-refractivity contribution in [1.82, 2.24) is 4.90 Å². The highest BCUT2D eigenvalue weighted by Gasteiger charge is 2.60. The van der Waals surface area contributed by atoms with E-state index in [0.29, 0.717) is 24.0 Å². The smallest absolute Gasteiger partial charge is 0.411 e. The van der Waals surface area contributed by atoms with Crippen LogP contribution in [0.5, 0.6) is 5.75 Å². The van der Waals surface area contributed by atoms with E-state index in [2.05, 4.69) is 35.6 Å². The van der Waals surface area contributed by atoms with Crippen LogP contribution in [0, 0.1) is 11.3 Å². The Morgan fingerprint density at radius 1 is 1.14 bits per heavy atom. The summed E-state index contributed by atoms with van der Waals surface area (Å²) in [4.78, 5) is 14.8. The van der Waals surface area contributed by atoms with Gasteiger partial charge in [0.2, 0.25) is 0 Å². The number of carbonyl (C=O) groups excluding carboxylic acids is 1. The maximum Gasteiger partial charge on any atom is 0.411 e. The van der Waals surface area contributed by atoms with Crippen molar-refractivity contribution in [2.45, 2.75) is 70.8 Å². The maximum atomic E-state index is 12.3. The van der Waals surface area contributed by atoms with Gasteiger partial charge < -0.3 is 20.1 Å². The molecule has 0 unspecified atom stereocenters. The maximum absolute atomic E-state index is 12.3. The summed E-state index contributed by atoms with van der Waals surface area (Å²) in [5, 5.41) is 17.4. The molecule has 35 heavy (non-hydrogen) atoms. The zero-order valence-corrected chi connectivity index (χ0v) is 21.5. The molecule has 1 heterocycles. The fraction of sp³-hybridized carbons (Fsp3) is 0.552. The Bertz CT molecular complexity index is 1120. The first-order valence-corrected chi connectivity index (χ1v) is 13.1. The molecule has 2 aromatic rings. The van der Waals surface area contributed by atoms with E-state index in [1.54, 1.807) is 0 Å². The van der Waals surface area contributed by atoms with E-state index in [1.165, 1.54) is 36.8 Å². The van der Waals surface area contributed by atoms with Gasteiger partial charge >= 0.3 is 6.09 Å². The molecule has 2 aliphatic carbocycles. The largest absolute Gasteiger partial charge is 0.506 e. The Morgan fingerprint density at radius 2 is 1.89 bits per heavy atom. The van der Waals surface area contributed by atoms with Crippen molar-refractivity contribution < 1.29 is 14.6 Å². The number of phenolic OH excluding ortho intramolecular Hbond substituents is 1. The van der Waals surface area contributed by atoms with Crippen LogP contribution in [0.25, 0.3) is 0 Å². The Morgan fingerprint density at radius 3 is 2.66 bits per heavy atom. The number of likely N-dealkylation sites (tertiary alicyclic amines) is 1. The third-order valence-electron chi connectivity index (χ3n) is 8.93. The highest BCUT2D eigenvalue weighted by Crippen LogP contribution is 2.63. The van der Waals surface area contributed by atoms with E-state index in [9.17, 15) is 9.90 Å². The molecule has 3 atom stereocenters. The number of hydrogen-bond donors (Lipinski definition) is 3. The number of fused-ring (bicyclic) bond motifs is 1. The molecule has 1 aliphatic heterocycles. The van der Waals surface area contributed by atoms with Gasteiger partial charge in [0, 0.05) is 11.5 Å². The number of nitrogens with zero attached hydrogens (tertiary/aromatic N) is 1. The van der Waals surface area contributed by atoms with Crippen LogP contribution in [0.1, 0.15) is 64.0 Å². The number of piperidine rings is 1. The summed E-state index contributed by atoms with van der Waals surface area (Å²) in [6.45, 7) is 7.99. The number of benzene rings is 2. The SMILES string of the molecule is CC(C)COC(=O)Nc1ccccc1Nc1cc2c(cc1O)[C@]13CCCC[C@]1(C)[C@H](C2)N(C)CC3. The number of nitrogens with one attached hydrogen (secondary N) is 2. The number of para-hydroxylation sites is 2. The lowest BCUT2D eigenvalue weighted by Crippen LogP contribution is -2.66. The fourth-order valence-electron chi connectivity index (χ4n) is 7.10. The van der Waals surface area contributed by atoms with E-state index in [0.717, 1.165) is 25.1 Å². The number of carbonyl (C=O) groups is 1. The zero-order chi connectivity index (χ0) is 24.8. The van der Waals surface area contributed by atoms with Gasteiger partial charge in [0.1, 0.15) is 5.75 Å². The molecule has 2 fully saturated rings. The van der Waals surface area contributed by atoms with Crippen molar-refractivity contribution in [3.8, 4) is 5.75 Å². The molecule has 1 saturated heterocycles. The normalized spacial score (nSPS) is 27.6. The highest BCUT2D eigenvalue weighted by atomic mass is 16.5. The molecule has 1 saturated carbocycles. The lowest BCUT2D eigenvalue weighted by Gasteiger charge is -2.65. The van der Waals surface area contributed by atoms with Gasteiger partial charge in [-0.15, -0.1) is 0 Å². The summed E-state index contributed by atoms with van der Waals surface area (Å²) >= 11 is 0. The summed E-state index contributed by atoms with van der Waals surface area (Å²) in [7, 11) is 2.28. The Balaban J connectivity index is 1.46. The quantitative estimate of drug-likeness (QED) is 0.434. The van der Waals surface area contributed by atoms with Gasteiger partial charge in [0.15, 0.2) is 0 Å². The average molecular weight is 478 g/mol. The van der Waals surface area contributed by atoms with E-state index < -0.39 is 6.09 Å². The van der Waals surface area contributed by atoms with Crippen molar-refractivity contribution in [3.05, 3.63) is 47.5 Å². The van der Waals surface area contributed by atoms with Crippen LogP contribution in [0.2, 0.25) is 0 Å². The molecule has 188 valence electrons. The summed E-state index contributed by atoms with van der Waals surface area (Å²) in [6.07, 6.45) is 6.70. The summed E-state index contributed by atoms with van der Waals surface area (Å²) in [5.41, 5.74) is 5.10. The van der Waals surface area contributed by atoms with Crippen molar-refractivity contribution in [1.29, 1.82) is 0 Å². The number of likely N-dealkylation sites (N-methyl/N-ethyl adjacent to an activating group) is 1. The molecular weight excluding hydrogens is 438 g/mol. The molecular formula is C29H39N3O3. The van der Waals surface area contributed by atoms with E-state index in [1.807, 2.05) is 44.2 Å². The number of amides is 1. The van der Waals surface area contributed by atoms with E-state index >= 15 is 0 Å². The van der Waals surface area contributed by atoms with Crippen LogP contribution >= 0.6 is 0 Å². The molecule has 5 rings (SSSR count). The lowest BCUT2D eigenvalue weighted by molar-refractivity contribution is -0.0735. The van der Waals surface area contributed by atoms with Crippen LogP contribution in [0.3, 0.4) is 0 Å². The third-order valence-corrected chi connectivity index (χ3v) is 8.93. The summed E-state index contributed by atoms with van der Waals surface area (Å²) in [6, 6.07) is 12.2. The zero-order valence-electron chi connectivity index (χ0n) is 21.5. The molecule has 0 aromatic heterocycles. The predicted molar refractivity (Wildman–Crippen MR) is 141 cm³/mol. The monoisotopic (exact) mass is 477 g/mol. The number of rotatable bonds is 5. The summed E-state index contributed by atoms with van der Waals surface area (Å²) in [5.74, 6) is 0.534. The fourth-order valence-corrected chi connectivity index (χ4v) is 7.10. The van der Waals surface area contributed by atoms with Crippen molar-refractivity contribution >= 4 is 23.2 Å². The van der Waals surface area contributed by atoms with E-state index in [-0.39, 0.29) is 22.5 Å². The number of aromatic hydroxyl groups is 1. The summed E-state index contributed by atoms with van der Waals surface area (Å²) < 4.78 is 5.29. The van der Waals surface area contributed by atoms with Crippen molar-refractivity contribution in [2.75, 3.05) is 30.8 Å². The lowest BCUT2D eigenvalue weighted by atomic mass is 9.45. The van der Waals surface area contributed by atoms with Gasteiger partial charge in [-0.2, -0.15) is 0 Å². The van der Waals surface area contributed by atoms with Crippen LogP contribution < -0.4 is 10.6 Å². The van der Waals surface area contributed by atoms with Gasteiger partial charge in [-0.3, -0.25) is 5.32 Å². The average Bonchev–Trinajstić information content (AvgIpc) is 2.82. The molecule has 2 bridgehead atoms. The van der Waals surface area contributed by atoms with Crippen molar-refractivity contribution in [3.63, 3.8) is 0 Å². The van der Waals surface area contributed by atoms with Crippen LogP contribution in [0.15, 0.2) is 36.4 Å². The Kier molecular flexibility index (Phi) is 6.20. The van der Waals surface area contributed by atoms with Gasteiger partial charge in [0.05, 0.1) is 23.7 Å². The van der Waals surface area contributed by atoms with Crippen LogP contribution in [-0.2, 0) is 16.6 Å². The first-order valence-electron chi connectivity index (χ1n) is 13.1. The molecule has 6 heteroatoms. The Hall–Kier alpha value is -2.73. The molecule has 1 amide bonds. The van der Waals surface area contributed by atoms with Gasteiger partial charge in [-0.1, -0.05) is 45.7 Å². The number of hydrogen-bond acceptors (Lipinski definition) is 5. The molecule has 6 nitrogen and oxygen atoms in total. The third kappa shape index (κ3) is 4.06. The second-order valence-corrected chi connectivity index (χ2v) is 11.5. The first kappa shape index (κ1) is 24.0. The van der Waals surface area contributed by atoms with E-state index in [4.69, 9.17) is 4.74 Å². The highest BCUT2D eigenvalue weighted by molar-refractivity contribution is 5.91. The van der Waals surface area contributed by atoms with Crippen molar-refractivity contribution in [2.24, 2.45) is 11.3 Å². The standard InChI is InChI=1S/C29H39N3O3/c1-19(2)18-35-27(34)31-23-10-6-5-9-22(23)30-24-15-20-16-26-28(3)11-7-8-12-29(28,13-14-32(26)4)21(20)17-25(24)33/h5-6,9-10,15,17,19,26,30,33H,7-8,11-14,16,18H2,1-4H3,(H,31,34)/t26-,28+,29+/m0/s1. The molecule has 2 aromatic carbocycles. The minimum absolute atomic E-state index is 0.144. The molecule has 0 spiro atoms. The number of phenols is 1. The first-order chi connectivity index (χ1) is 16.7. The van der Waals surface area contributed by atoms with Crippen LogP contribution in [0.4, 0.5) is 21.9 Å². The van der Waals surface area contributed by atoms with Gasteiger partial charge in [-0.25, -0.2) is 4.79 Å². The minimum Gasteiger partial charge on any atom is -0.506 e. The molecule has 3 aliphatic rings. The minimum atomic E-state index is -0.478. The van der Waals surface area contributed by atoms with Gasteiger partial charge in [-0.05, 0) is 86.0 Å². The second-order valence-electron chi connectivity index (χ2n) is 11.5. The predicted octanol–water partition coefficient (Wildman–Crippen LogP) is 6.42. The Labute approximate surface area is 209 Å². The van der Waals surface area contributed by atoms with Crippen LogP contribution in [-0.4, -0.2) is 42.3 Å². The topological polar surface area (TPSA) is 73.8 Å². The molecule has 0 radical (unpaired) electrons. The molecule has 3 N–H and O–H groups in total. The van der Waals surface area contributed by atoms with Gasteiger partial charge in [0.25, 0.3) is 0 Å². The number of ether oxygens (including phenoxy) is 1. The second kappa shape index (κ2) is 9.05. The number of anilines is 3.